The number of hydrogen-bond donors (Lipinski definition) is 2. The second kappa shape index (κ2) is 7.44. The molecule has 3 aromatic rings. The van der Waals surface area contributed by atoms with Crippen molar-refractivity contribution in [2.24, 2.45) is 5.92 Å². The predicted octanol–water partition coefficient (Wildman–Crippen LogP) is 3.41. The Balaban J connectivity index is 1.27. The van der Waals surface area contributed by atoms with Crippen LogP contribution < -0.4 is 10.1 Å². The molecule has 0 spiro atoms. The summed E-state index contributed by atoms with van der Waals surface area (Å²) in [6.45, 7) is 1.05. The van der Waals surface area contributed by atoms with Gasteiger partial charge < -0.3 is 10.1 Å². The third-order valence-electron chi connectivity index (χ3n) is 4.70. The van der Waals surface area contributed by atoms with Crippen LogP contribution >= 0.6 is 0 Å². The first-order chi connectivity index (χ1) is 12.8. The van der Waals surface area contributed by atoms with Gasteiger partial charge in [-0.05, 0) is 41.7 Å². The molecular formula is C21H21N3O2. The largest absolute Gasteiger partial charge is 0.489 e. The van der Waals surface area contributed by atoms with Crippen LogP contribution in [-0.4, -0.2) is 16.1 Å². The Morgan fingerprint density at radius 3 is 2.65 bits per heavy atom. The lowest BCUT2D eigenvalue weighted by molar-refractivity contribution is -0.122. The molecule has 1 aliphatic rings. The van der Waals surface area contributed by atoms with Crippen molar-refractivity contribution in [2.45, 2.75) is 25.5 Å². The Kier molecular flexibility index (Phi) is 4.69. The van der Waals surface area contributed by atoms with E-state index in [9.17, 15) is 4.79 Å². The SMILES string of the molecule is O=C(NCc1ccn[nH]1)[C@@H]1C[C@H]1c1ccc(OCc2ccccc2)cc1. The zero-order valence-electron chi connectivity index (χ0n) is 14.4. The maximum atomic E-state index is 12.2. The first-order valence-electron chi connectivity index (χ1n) is 8.82. The monoisotopic (exact) mass is 347 g/mol. The molecule has 26 heavy (non-hydrogen) atoms. The molecule has 0 saturated heterocycles. The molecule has 1 aliphatic carbocycles. The Labute approximate surface area is 152 Å². The summed E-state index contributed by atoms with van der Waals surface area (Å²) < 4.78 is 5.81. The molecule has 0 radical (unpaired) electrons. The summed E-state index contributed by atoms with van der Waals surface area (Å²) in [5, 5.41) is 9.69. The number of hydrogen-bond acceptors (Lipinski definition) is 3. The Bertz CT molecular complexity index is 845. The van der Waals surface area contributed by atoms with Gasteiger partial charge in [0.15, 0.2) is 0 Å². The minimum atomic E-state index is 0.0639. The lowest BCUT2D eigenvalue weighted by Crippen LogP contribution is -2.25. The van der Waals surface area contributed by atoms with Gasteiger partial charge in [0.05, 0.1) is 12.2 Å². The number of benzene rings is 2. The molecule has 1 amide bonds. The van der Waals surface area contributed by atoms with Crippen LogP contribution in [0, 0.1) is 5.92 Å². The Morgan fingerprint density at radius 2 is 1.92 bits per heavy atom. The van der Waals surface area contributed by atoms with Crippen molar-refractivity contribution >= 4 is 5.91 Å². The van der Waals surface area contributed by atoms with Crippen LogP contribution in [0.25, 0.3) is 0 Å². The normalized spacial score (nSPS) is 18.3. The van der Waals surface area contributed by atoms with Gasteiger partial charge in [0.2, 0.25) is 5.91 Å². The van der Waals surface area contributed by atoms with E-state index in [2.05, 4.69) is 27.6 Å². The van der Waals surface area contributed by atoms with E-state index in [0.717, 1.165) is 23.4 Å². The molecule has 5 heteroatoms. The minimum Gasteiger partial charge on any atom is -0.489 e. The highest BCUT2D eigenvalue weighted by Crippen LogP contribution is 2.47. The van der Waals surface area contributed by atoms with Crippen LogP contribution in [0.15, 0.2) is 66.9 Å². The van der Waals surface area contributed by atoms with Crippen molar-refractivity contribution in [1.82, 2.24) is 15.5 Å². The van der Waals surface area contributed by atoms with Crippen LogP contribution in [-0.2, 0) is 17.9 Å². The number of carbonyl (C=O) groups is 1. The number of nitrogens with one attached hydrogen (secondary N) is 2. The van der Waals surface area contributed by atoms with Crippen molar-refractivity contribution in [3.63, 3.8) is 0 Å². The van der Waals surface area contributed by atoms with Crippen LogP contribution in [0.1, 0.15) is 29.2 Å². The van der Waals surface area contributed by atoms with Gasteiger partial charge in [-0.15, -0.1) is 0 Å². The number of aromatic nitrogens is 2. The third-order valence-corrected chi connectivity index (χ3v) is 4.70. The topological polar surface area (TPSA) is 67.0 Å². The summed E-state index contributed by atoms with van der Waals surface area (Å²) >= 11 is 0. The predicted molar refractivity (Wildman–Crippen MR) is 98.5 cm³/mol. The molecule has 1 aromatic heterocycles. The number of amides is 1. The first-order valence-corrected chi connectivity index (χ1v) is 8.82. The van der Waals surface area contributed by atoms with Gasteiger partial charge in [-0.25, -0.2) is 0 Å². The number of rotatable bonds is 7. The molecule has 1 fully saturated rings. The lowest BCUT2D eigenvalue weighted by Gasteiger charge is -2.07. The van der Waals surface area contributed by atoms with E-state index in [-0.39, 0.29) is 11.8 Å². The maximum Gasteiger partial charge on any atom is 0.224 e. The Hall–Kier alpha value is -3.08. The van der Waals surface area contributed by atoms with Crippen LogP contribution in [0.4, 0.5) is 0 Å². The zero-order valence-corrected chi connectivity index (χ0v) is 14.4. The molecule has 132 valence electrons. The molecule has 4 rings (SSSR count). The molecule has 5 nitrogen and oxygen atoms in total. The summed E-state index contributed by atoms with van der Waals surface area (Å²) in [7, 11) is 0. The molecule has 1 saturated carbocycles. The highest BCUT2D eigenvalue weighted by Gasteiger charge is 2.43. The summed E-state index contributed by atoms with van der Waals surface area (Å²) in [5.41, 5.74) is 3.25. The molecule has 1 heterocycles. The number of carbonyl (C=O) groups excluding carboxylic acids is 1. The standard InChI is InChI=1S/C21H21N3O2/c25-21(22-13-17-10-11-23-24-17)20-12-19(20)16-6-8-18(9-7-16)26-14-15-4-2-1-3-5-15/h1-11,19-20H,12-14H2,(H,22,25)(H,23,24)/t19-,20+/m0/s1. The molecule has 0 bridgehead atoms. The molecule has 0 unspecified atom stereocenters. The summed E-state index contributed by atoms with van der Waals surface area (Å²) in [4.78, 5) is 12.2. The second-order valence-corrected chi connectivity index (χ2v) is 6.59. The fraction of sp³-hybridized carbons (Fsp3) is 0.238. The van der Waals surface area contributed by atoms with Gasteiger partial charge in [-0.1, -0.05) is 42.5 Å². The van der Waals surface area contributed by atoms with E-state index >= 15 is 0 Å². The van der Waals surface area contributed by atoms with Gasteiger partial charge in [0, 0.05) is 12.1 Å². The average molecular weight is 347 g/mol. The van der Waals surface area contributed by atoms with Gasteiger partial charge >= 0.3 is 0 Å². The quantitative estimate of drug-likeness (QED) is 0.688. The molecule has 2 aromatic carbocycles. The number of aromatic amines is 1. The van der Waals surface area contributed by atoms with Crippen LogP contribution in [0.2, 0.25) is 0 Å². The lowest BCUT2D eigenvalue weighted by atomic mass is 10.1. The fourth-order valence-corrected chi connectivity index (χ4v) is 3.10. The first kappa shape index (κ1) is 16.4. The van der Waals surface area contributed by atoms with E-state index in [1.807, 2.05) is 48.5 Å². The number of ether oxygens (including phenoxy) is 1. The van der Waals surface area contributed by atoms with Crippen molar-refractivity contribution in [1.29, 1.82) is 0 Å². The highest BCUT2D eigenvalue weighted by molar-refractivity contribution is 5.82. The van der Waals surface area contributed by atoms with E-state index < -0.39 is 0 Å². The summed E-state index contributed by atoms with van der Waals surface area (Å²) in [6, 6.07) is 20.1. The fourth-order valence-electron chi connectivity index (χ4n) is 3.10. The van der Waals surface area contributed by atoms with Crippen molar-refractivity contribution in [2.75, 3.05) is 0 Å². The van der Waals surface area contributed by atoms with E-state index in [4.69, 9.17) is 4.74 Å². The number of H-pyrrole nitrogens is 1. The second-order valence-electron chi connectivity index (χ2n) is 6.59. The van der Waals surface area contributed by atoms with E-state index in [1.165, 1.54) is 5.56 Å². The molecule has 2 atom stereocenters. The Morgan fingerprint density at radius 1 is 1.12 bits per heavy atom. The van der Waals surface area contributed by atoms with Gasteiger partial charge in [-0.3, -0.25) is 9.89 Å². The van der Waals surface area contributed by atoms with Gasteiger partial charge in [0.25, 0.3) is 0 Å². The average Bonchev–Trinajstić information content (AvgIpc) is 3.32. The van der Waals surface area contributed by atoms with Crippen LogP contribution in [0.3, 0.4) is 0 Å². The summed E-state index contributed by atoms with van der Waals surface area (Å²) in [6.07, 6.45) is 2.59. The smallest absolute Gasteiger partial charge is 0.224 e. The summed E-state index contributed by atoms with van der Waals surface area (Å²) in [5.74, 6) is 1.32. The zero-order chi connectivity index (χ0) is 17.8. The number of nitrogens with zero attached hydrogens (tertiary/aromatic N) is 1. The molecule has 2 N–H and O–H groups in total. The minimum absolute atomic E-state index is 0.0639. The van der Waals surface area contributed by atoms with Crippen molar-refractivity contribution in [3.8, 4) is 5.75 Å². The van der Waals surface area contributed by atoms with Gasteiger partial charge in [-0.2, -0.15) is 5.10 Å². The maximum absolute atomic E-state index is 12.2. The highest BCUT2D eigenvalue weighted by atomic mass is 16.5. The molecular weight excluding hydrogens is 326 g/mol. The van der Waals surface area contributed by atoms with Crippen molar-refractivity contribution in [3.05, 3.63) is 83.7 Å². The molecule has 0 aliphatic heterocycles. The van der Waals surface area contributed by atoms with E-state index in [1.54, 1.807) is 6.20 Å². The third kappa shape index (κ3) is 3.94. The van der Waals surface area contributed by atoms with Crippen molar-refractivity contribution < 1.29 is 9.53 Å². The van der Waals surface area contributed by atoms with Gasteiger partial charge in [0.1, 0.15) is 12.4 Å². The van der Waals surface area contributed by atoms with E-state index in [0.29, 0.717) is 19.1 Å². The van der Waals surface area contributed by atoms with Crippen LogP contribution in [0.5, 0.6) is 5.75 Å².